The highest BCUT2D eigenvalue weighted by molar-refractivity contribution is 5.79. The fraction of sp³-hybridized carbons (Fsp3) is 0.393. The normalized spacial score (nSPS) is 14.5. The van der Waals surface area contributed by atoms with Crippen LogP contribution in [0, 0.1) is 5.92 Å². The minimum absolute atomic E-state index is 0.134. The van der Waals surface area contributed by atoms with Crippen LogP contribution in [0.3, 0.4) is 0 Å². The number of hydrogen-bond acceptors (Lipinski definition) is 6. The van der Waals surface area contributed by atoms with E-state index in [9.17, 15) is 4.79 Å². The maximum Gasteiger partial charge on any atom is 0.223 e. The largest absolute Gasteiger partial charge is 0.383 e. The number of aromatic nitrogens is 6. The smallest absolute Gasteiger partial charge is 0.223 e. The molecule has 1 saturated carbocycles. The van der Waals surface area contributed by atoms with Crippen LogP contribution in [-0.2, 0) is 16.6 Å². The monoisotopic (exact) mass is 501 g/mol. The zero-order chi connectivity index (χ0) is 26.0. The lowest BCUT2D eigenvalue weighted by Gasteiger charge is -2.22. The van der Waals surface area contributed by atoms with Crippen LogP contribution in [0.15, 0.2) is 61.4 Å². The van der Waals surface area contributed by atoms with Crippen LogP contribution in [-0.4, -0.2) is 55.6 Å². The second-order valence-corrected chi connectivity index (χ2v) is 9.47. The molecule has 2 N–H and O–H groups in total. The molecule has 3 heterocycles. The van der Waals surface area contributed by atoms with Gasteiger partial charge in [-0.15, -0.1) is 0 Å². The molecule has 1 amide bonds. The molecule has 1 fully saturated rings. The first-order valence-electron chi connectivity index (χ1n) is 12.7. The fourth-order valence-corrected chi connectivity index (χ4v) is 4.46. The first-order valence-corrected chi connectivity index (χ1v) is 12.7. The van der Waals surface area contributed by atoms with Crippen molar-refractivity contribution < 1.29 is 9.53 Å². The number of methoxy groups -OCH3 is 1. The Balaban J connectivity index is 0.000000197. The van der Waals surface area contributed by atoms with E-state index in [-0.39, 0.29) is 17.9 Å². The molecule has 0 radical (unpaired) electrons. The van der Waals surface area contributed by atoms with Crippen LogP contribution < -0.4 is 5.32 Å². The SMILES string of the molecule is COCC(C)NC(=O)C1CCCCC1.Cn1cc(-c2cccc(-c3ncc(-c4cn[nH]c4)cn3)c2)cn1. The summed E-state index contributed by atoms with van der Waals surface area (Å²) in [6.45, 7) is 2.57. The van der Waals surface area contributed by atoms with Gasteiger partial charge >= 0.3 is 0 Å². The predicted molar refractivity (Wildman–Crippen MR) is 143 cm³/mol. The fourth-order valence-electron chi connectivity index (χ4n) is 4.46. The van der Waals surface area contributed by atoms with E-state index in [0.717, 1.165) is 40.7 Å². The number of nitrogens with one attached hydrogen (secondary N) is 2. The van der Waals surface area contributed by atoms with Crippen molar-refractivity contribution in [2.45, 2.75) is 45.1 Å². The van der Waals surface area contributed by atoms with Crippen molar-refractivity contribution in [3.8, 4) is 33.6 Å². The van der Waals surface area contributed by atoms with Crippen molar-refractivity contribution in [3.05, 3.63) is 61.4 Å². The van der Waals surface area contributed by atoms with E-state index >= 15 is 0 Å². The van der Waals surface area contributed by atoms with Crippen molar-refractivity contribution in [1.29, 1.82) is 0 Å². The van der Waals surface area contributed by atoms with Gasteiger partial charge in [-0.05, 0) is 31.4 Å². The van der Waals surface area contributed by atoms with Crippen LogP contribution in [0.4, 0.5) is 0 Å². The van der Waals surface area contributed by atoms with Crippen molar-refractivity contribution in [2.75, 3.05) is 13.7 Å². The van der Waals surface area contributed by atoms with Gasteiger partial charge in [-0.3, -0.25) is 14.6 Å². The van der Waals surface area contributed by atoms with Crippen molar-refractivity contribution in [2.24, 2.45) is 13.0 Å². The average Bonchev–Trinajstić information content (AvgIpc) is 3.62. The molecule has 0 saturated heterocycles. The Labute approximate surface area is 217 Å². The lowest BCUT2D eigenvalue weighted by Crippen LogP contribution is -2.40. The van der Waals surface area contributed by atoms with Gasteiger partial charge < -0.3 is 10.1 Å². The summed E-state index contributed by atoms with van der Waals surface area (Å²) in [5, 5.41) is 13.9. The third-order valence-corrected chi connectivity index (χ3v) is 6.42. The maximum atomic E-state index is 11.7. The minimum Gasteiger partial charge on any atom is -0.383 e. The molecule has 1 aromatic carbocycles. The van der Waals surface area contributed by atoms with Crippen LogP contribution in [0.25, 0.3) is 33.6 Å². The number of aromatic amines is 1. The van der Waals surface area contributed by atoms with Crippen LogP contribution >= 0.6 is 0 Å². The molecule has 0 spiro atoms. The number of carbonyl (C=O) groups is 1. The van der Waals surface area contributed by atoms with Gasteiger partial charge in [0.25, 0.3) is 0 Å². The standard InChI is InChI=1S/C17H14N6.C11H21NO2/c1-23-11-16(10-22-23)12-3-2-4-13(5-12)17-18-6-14(7-19-17)15-8-20-21-9-15;1-9(8-14-2)12-11(13)10-6-4-3-5-7-10/h2-11H,1H3,(H,20,21);9-10H,3-8H2,1-2H3,(H,12,13). The Kier molecular flexibility index (Phi) is 9.15. The first-order chi connectivity index (χ1) is 18.0. The maximum absolute atomic E-state index is 11.7. The summed E-state index contributed by atoms with van der Waals surface area (Å²) in [6, 6.07) is 8.27. The van der Waals surface area contributed by atoms with Crippen LogP contribution in [0.1, 0.15) is 39.0 Å². The van der Waals surface area contributed by atoms with E-state index < -0.39 is 0 Å². The molecule has 0 bridgehead atoms. The second kappa shape index (κ2) is 12.9. The molecule has 37 heavy (non-hydrogen) atoms. The van der Waals surface area contributed by atoms with Crippen molar-refractivity contribution in [3.63, 3.8) is 0 Å². The van der Waals surface area contributed by atoms with Gasteiger partial charge in [0, 0.05) is 73.2 Å². The quantitative estimate of drug-likeness (QED) is 0.381. The zero-order valence-corrected chi connectivity index (χ0v) is 21.7. The van der Waals surface area contributed by atoms with Gasteiger partial charge in [0.1, 0.15) is 0 Å². The average molecular weight is 502 g/mol. The van der Waals surface area contributed by atoms with Gasteiger partial charge in [0.05, 0.1) is 19.0 Å². The summed E-state index contributed by atoms with van der Waals surface area (Å²) in [7, 11) is 3.56. The summed E-state index contributed by atoms with van der Waals surface area (Å²) in [5.41, 5.74) is 5.05. The topological polar surface area (TPSA) is 111 Å². The number of H-pyrrole nitrogens is 1. The number of hydrogen-bond donors (Lipinski definition) is 2. The molecule has 1 aliphatic carbocycles. The van der Waals surface area contributed by atoms with E-state index in [1.807, 2.05) is 57.1 Å². The lowest BCUT2D eigenvalue weighted by molar-refractivity contribution is -0.126. The molecule has 0 aliphatic heterocycles. The minimum atomic E-state index is 0.134. The van der Waals surface area contributed by atoms with Gasteiger partial charge in [-0.2, -0.15) is 10.2 Å². The highest BCUT2D eigenvalue weighted by Crippen LogP contribution is 2.25. The Morgan fingerprint density at radius 1 is 1.05 bits per heavy atom. The second-order valence-electron chi connectivity index (χ2n) is 9.47. The van der Waals surface area contributed by atoms with E-state index in [2.05, 4.69) is 42.7 Å². The van der Waals surface area contributed by atoms with E-state index in [4.69, 9.17) is 4.74 Å². The summed E-state index contributed by atoms with van der Waals surface area (Å²) in [4.78, 5) is 20.7. The van der Waals surface area contributed by atoms with Gasteiger partial charge in [0.2, 0.25) is 5.91 Å². The molecule has 5 rings (SSSR count). The Morgan fingerprint density at radius 2 is 1.81 bits per heavy atom. The molecule has 3 aromatic heterocycles. The van der Waals surface area contributed by atoms with Crippen molar-refractivity contribution >= 4 is 5.91 Å². The lowest BCUT2D eigenvalue weighted by atomic mass is 9.88. The third kappa shape index (κ3) is 7.33. The predicted octanol–water partition coefficient (Wildman–Crippen LogP) is 4.65. The number of aryl methyl sites for hydroxylation is 1. The molecule has 194 valence electrons. The molecule has 9 nitrogen and oxygen atoms in total. The summed E-state index contributed by atoms with van der Waals surface area (Å²) in [5.74, 6) is 1.17. The highest BCUT2D eigenvalue weighted by Gasteiger charge is 2.21. The third-order valence-electron chi connectivity index (χ3n) is 6.42. The number of ether oxygens (including phenoxy) is 1. The molecule has 1 unspecified atom stereocenters. The zero-order valence-electron chi connectivity index (χ0n) is 21.7. The number of rotatable bonds is 7. The summed E-state index contributed by atoms with van der Waals surface area (Å²) >= 11 is 0. The number of nitrogens with zero attached hydrogens (tertiary/aromatic N) is 5. The number of amides is 1. The van der Waals surface area contributed by atoms with Gasteiger partial charge in [-0.25, -0.2) is 9.97 Å². The van der Waals surface area contributed by atoms with E-state index in [1.54, 1.807) is 18.0 Å². The van der Waals surface area contributed by atoms with Gasteiger partial charge in [-0.1, -0.05) is 37.5 Å². The molecular formula is C28H35N7O2. The molecule has 4 aromatic rings. The Hall–Kier alpha value is -3.85. The first kappa shape index (κ1) is 26.2. The number of benzene rings is 1. The number of carbonyl (C=O) groups excluding carboxylic acids is 1. The van der Waals surface area contributed by atoms with E-state index in [0.29, 0.717) is 12.4 Å². The van der Waals surface area contributed by atoms with Crippen LogP contribution in [0.5, 0.6) is 0 Å². The molecule has 9 heteroatoms. The summed E-state index contributed by atoms with van der Waals surface area (Å²) in [6.07, 6.45) is 16.8. The Bertz CT molecular complexity index is 1250. The molecule has 1 aliphatic rings. The Morgan fingerprint density at radius 3 is 2.46 bits per heavy atom. The van der Waals surface area contributed by atoms with Crippen molar-refractivity contribution in [1.82, 2.24) is 35.3 Å². The summed E-state index contributed by atoms with van der Waals surface area (Å²) < 4.78 is 6.77. The highest BCUT2D eigenvalue weighted by atomic mass is 16.5. The molecular weight excluding hydrogens is 466 g/mol. The van der Waals surface area contributed by atoms with Gasteiger partial charge in [0.15, 0.2) is 5.82 Å². The van der Waals surface area contributed by atoms with E-state index in [1.165, 1.54) is 19.3 Å². The van der Waals surface area contributed by atoms with Crippen LogP contribution in [0.2, 0.25) is 0 Å². The molecule has 1 atom stereocenters.